The van der Waals surface area contributed by atoms with Crippen molar-refractivity contribution in [3.63, 3.8) is 0 Å². The molecule has 8 heteroatoms. The molecule has 1 aliphatic rings. The number of nitrogens with one attached hydrogen (secondary N) is 3. The van der Waals surface area contributed by atoms with Crippen LogP contribution in [-0.2, 0) is 4.79 Å². The minimum Gasteiger partial charge on any atom is -0.343 e. The van der Waals surface area contributed by atoms with Crippen LogP contribution in [0.4, 0.5) is 18.9 Å². The Hall–Kier alpha value is -2.09. The maximum Gasteiger partial charge on any atom is 0.405 e. The van der Waals surface area contributed by atoms with Gasteiger partial charge in [0.15, 0.2) is 0 Å². The number of anilines is 1. The topological polar surface area (TPSA) is 70.2 Å². The number of carbonyl (C=O) groups excluding carboxylic acids is 2. The van der Waals surface area contributed by atoms with Crippen molar-refractivity contribution in [2.75, 3.05) is 25.0 Å². The summed E-state index contributed by atoms with van der Waals surface area (Å²) in [6, 6.07) is 4.40. The van der Waals surface area contributed by atoms with Crippen molar-refractivity contribution in [3.05, 3.63) is 29.3 Å². The van der Waals surface area contributed by atoms with Crippen molar-refractivity contribution in [2.24, 2.45) is 5.92 Å². The number of hydrogen-bond acceptors (Lipinski definition) is 3. The van der Waals surface area contributed by atoms with E-state index in [1.54, 1.807) is 13.0 Å². The van der Waals surface area contributed by atoms with Crippen molar-refractivity contribution in [1.29, 1.82) is 0 Å². The molecule has 3 N–H and O–H groups in total. The monoisotopic (exact) mass is 329 g/mol. The number of halogens is 3. The van der Waals surface area contributed by atoms with E-state index in [0.717, 1.165) is 18.5 Å². The van der Waals surface area contributed by atoms with Gasteiger partial charge < -0.3 is 16.0 Å². The SMILES string of the molecule is Cc1ccc(C(=O)NCC(F)(F)F)cc1NC(=O)C1CCNC1. The summed E-state index contributed by atoms with van der Waals surface area (Å²) in [7, 11) is 0. The third-order valence-corrected chi connectivity index (χ3v) is 3.64. The van der Waals surface area contributed by atoms with Gasteiger partial charge in [-0.15, -0.1) is 0 Å². The maximum atomic E-state index is 12.1. The Morgan fingerprint density at radius 3 is 2.70 bits per heavy atom. The summed E-state index contributed by atoms with van der Waals surface area (Å²) in [5.74, 6) is -1.14. The molecule has 1 unspecified atom stereocenters. The zero-order valence-electron chi connectivity index (χ0n) is 12.6. The summed E-state index contributed by atoms with van der Waals surface area (Å²) >= 11 is 0. The molecule has 2 amide bonds. The summed E-state index contributed by atoms with van der Waals surface area (Å²) in [4.78, 5) is 23.9. The van der Waals surface area contributed by atoms with Crippen LogP contribution in [0.15, 0.2) is 18.2 Å². The molecule has 1 fully saturated rings. The van der Waals surface area contributed by atoms with Crippen LogP contribution in [0.3, 0.4) is 0 Å². The third-order valence-electron chi connectivity index (χ3n) is 3.64. The fraction of sp³-hybridized carbons (Fsp3) is 0.467. The number of alkyl halides is 3. The fourth-order valence-electron chi connectivity index (χ4n) is 2.29. The van der Waals surface area contributed by atoms with E-state index in [0.29, 0.717) is 12.2 Å². The number of amides is 2. The summed E-state index contributed by atoms with van der Waals surface area (Å²) in [5.41, 5.74) is 1.23. The number of rotatable bonds is 4. The third kappa shape index (κ3) is 4.95. The molecular weight excluding hydrogens is 311 g/mol. The van der Waals surface area contributed by atoms with Gasteiger partial charge >= 0.3 is 6.18 Å². The highest BCUT2D eigenvalue weighted by Crippen LogP contribution is 2.20. The van der Waals surface area contributed by atoms with Crippen molar-refractivity contribution in [2.45, 2.75) is 19.5 Å². The molecule has 0 spiro atoms. The second-order valence-corrected chi connectivity index (χ2v) is 5.51. The average molecular weight is 329 g/mol. The first-order valence-electron chi connectivity index (χ1n) is 7.23. The molecule has 1 atom stereocenters. The van der Waals surface area contributed by atoms with E-state index in [1.807, 2.05) is 5.32 Å². The normalized spacial score (nSPS) is 17.8. The molecule has 1 saturated heterocycles. The Morgan fingerprint density at radius 2 is 2.09 bits per heavy atom. The quantitative estimate of drug-likeness (QED) is 0.789. The lowest BCUT2D eigenvalue weighted by Gasteiger charge is -2.14. The van der Waals surface area contributed by atoms with E-state index >= 15 is 0 Å². The van der Waals surface area contributed by atoms with Crippen molar-refractivity contribution in [1.82, 2.24) is 10.6 Å². The smallest absolute Gasteiger partial charge is 0.343 e. The molecule has 1 heterocycles. The largest absolute Gasteiger partial charge is 0.405 e. The van der Waals surface area contributed by atoms with Gasteiger partial charge in [-0.3, -0.25) is 9.59 Å². The Morgan fingerprint density at radius 1 is 1.35 bits per heavy atom. The minimum absolute atomic E-state index is 0.0692. The average Bonchev–Trinajstić information content (AvgIpc) is 3.00. The van der Waals surface area contributed by atoms with Gasteiger partial charge in [0.25, 0.3) is 5.91 Å². The van der Waals surface area contributed by atoms with Gasteiger partial charge in [-0.1, -0.05) is 6.07 Å². The van der Waals surface area contributed by atoms with Crippen LogP contribution in [0.5, 0.6) is 0 Å². The molecular formula is C15H18F3N3O2. The second kappa shape index (κ2) is 6.99. The molecule has 2 rings (SSSR count). The molecule has 0 aromatic heterocycles. The van der Waals surface area contributed by atoms with E-state index in [-0.39, 0.29) is 17.4 Å². The van der Waals surface area contributed by atoms with Crippen LogP contribution < -0.4 is 16.0 Å². The molecule has 1 aromatic carbocycles. The molecule has 1 aliphatic heterocycles. The van der Waals surface area contributed by atoms with Gasteiger partial charge in [0.2, 0.25) is 5.91 Å². The molecule has 126 valence electrons. The zero-order valence-corrected chi connectivity index (χ0v) is 12.6. The summed E-state index contributed by atoms with van der Waals surface area (Å²) in [6.07, 6.45) is -3.73. The highest BCUT2D eigenvalue weighted by atomic mass is 19.4. The summed E-state index contributed by atoms with van der Waals surface area (Å²) in [6.45, 7) is 1.72. The highest BCUT2D eigenvalue weighted by molar-refractivity contribution is 5.98. The van der Waals surface area contributed by atoms with E-state index in [1.165, 1.54) is 12.1 Å². The number of hydrogen-bond donors (Lipinski definition) is 3. The van der Waals surface area contributed by atoms with E-state index < -0.39 is 18.6 Å². The number of carbonyl (C=O) groups is 2. The van der Waals surface area contributed by atoms with E-state index in [9.17, 15) is 22.8 Å². The Balaban J connectivity index is 2.06. The van der Waals surface area contributed by atoms with Gasteiger partial charge in [0.1, 0.15) is 6.54 Å². The molecule has 0 radical (unpaired) electrons. The Labute approximate surface area is 131 Å². The summed E-state index contributed by atoms with van der Waals surface area (Å²) in [5, 5.41) is 7.63. The van der Waals surface area contributed by atoms with Crippen LogP contribution in [0.2, 0.25) is 0 Å². The lowest BCUT2D eigenvalue weighted by Crippen LogP contribution is -2.33. The van der Waals surface area contributed by atoms with Gasteiger partial charge in [-0.05, 0) is 37.6 Å². The standard InChI is InChI=1S/C15H18F3N3O2/c1-9-2-3-10(13(22)20-8-15(16,17)18)6-12(9)21-14(23)11-4-5-19-7-11/h2-3,6,11,19H,4-5,7-8H2,1H3,(H,20,22)(H,21,23). The molecule has 0 saturated carbocycles. The van der Waals surface area contributed by atoms with Crippen molar-refractivity contribution in [3.8, 4) is 0 Å². The van der Waals surface area contributed by atoms with Crippen LogP contribution in [0, 0.1) is 12.8 Å². The first-order valence-corrected chi connectivity index (χ1v) is 7.23. The maximum absolute atomic E-state index is 12.1. The van der Waals surface area contributed by atoms with Gasteiger partial charge in [0.05, 0.1) is 5.92 Å². The number of benzene rings is 1. The second-order valence-electron chi connectivity index (χ2n) is 5.51. The van der Waals surface area contributed by atoms with Gasteiger partial charge in [-0.2, -0.15) is 13.2 Å². The van der Waals surface area contributed by atoms with E-state index in [2.05, 4.69) is 10.6 Å². The first-order chi connectivity index (χ1) is 10.8. The molecule has 5 nitrogen and oxygen atoms in total. The van der Waals surface area contributed by atoms with Crippen LogP contribution in [-0.4, -0.2) is 37.6 Å². The van der Waals surface area contributed by atoms with Crippen LogP contribution >= 0.6 is 0 Å². The fourth-order valence-corrected chi connectivity index (χ4v) is 2.29. The van der Waals surface area contributed by atoms with Gasteiger partial charge in [-0.25, -0.2) is 0 Å². The first kappa shape index (κ1) is 17.3. The van der Waals surface area contributed by atoms with Crippen molar-refractivity contribution >= 4 is 17.5 Å². The van der Waals surface area contributed by atoms with Gasteiger partial charge in [0, 0.05) is 17.8 Å². The van der Waals surface area contributed by atoms with Crippen molar-refractivity contribution < 1.29 is 22.8 Å². The lowest BCUT2D eigenvalue weighted by molar-refractivity contribution is -0.123. The minimum atomic E-state index is -4.47. The molecule has 1 aromatic rings. The zero-order chi connectivity index (χ0) is 17.0. The lowest BCUT2D eigenvalue weighted by atomic mass is 10.1. The van der Waals surface area contributed by atoms with Crippen LogP contribution in [0.25, 0.3) is 0 Å². The predicted molar refractivity (Wildman–Crippen MR) is 79.2 cm³/mol. The molecule has 0 bridgehead atoms. The van der Waals surface area contributed by atoms with Crippen LogP contribution in [0.1, 0.15) is 22.3 Å². The Bertz CT molecular complexity index is 596. The predicted octanol–water partition coefficient (Wildman–Crippen LogP) is 1.84. The Kier molecular flexibility index (Phi) is 5.25. The molecule has 0 aliphatic carbocycles. The molecule has 23 heavy (non-hydrogen) atoms. The summed E-state index contributed by atoms with van der Waals surface area (Å²) < 4.78 is 36.4. The van der Waals surface area contributed by atoms with E-state index in [4.69, 9.17) is 0 Å². The number of aryl methyl sites for hydroxylation is 1. The highest BCUT2D eigenvalue weighted by Gasteiger charge is 2.28.